The summed E-state index contributed by atoms with van der Waals surface area (Å²) >= 11 is 0. The molecular formula is C12H17N3O. The maximum absolute atomic E-state index is 5.90. The summed E-state index contributed by atoms with van der Waals surface area (Å²) in [7, 11) is 0. The van der Waals surface area contributed by atoms with E-state index in [1.54, 1.807) is 6.26 Å². The molecule has 0 radical (unpaired) electrons. The Morgan fingerprint density at radius 2 is 2.44 bits per heavy atom. The average Bonchev–Trinajstić information content (AvgIpc) is 2.86. The fourth-order valence-corrected chi connectivity index (χ4v) is 1.77. The number of nitrogen functional groups attached to an aromatic ring is 1. The van der Waals surface area contributed by atoms with Gasteiger partial charge < -0.3 is 15.1 Å². The van der Waals surface area contributed by atoms with E-state index in [0.717, 1.165) is 29.1 Å². The molecule has 0 atom stereocenters. The Morgan fingerprint density at radius 3 is 3.06 bits per heavy atom. The van der Waals surface area contributed by atoms with Crippen LogP contribution in [0.5, 0.6) is 0 Å². The van der Waals surface area contributed by atoms with Gasteiger partial charge in [-0.15, -0.1) is 0 Å². The lowest BCUT2D eigenvalue weighted by Crippen LogP contribution is -2.00. The molecule has 2 aromatic rings. The van der Waals surface area contributed by atoms with Crippen LogP contribution in [0.4, 0.5) is 5.82 Å². The molecule has 0 saturated heterocycles. The predicted molar refractivity (Wildman–Crippen MR) is 67.8 cm³/mol. The third-order valence-electron chi connectivity index (χ3n) is 2.45. The topological polar surface area (TPSA) is 67.3 Å². The Bertz CT molecular complexity index is 500. The minimum Gasteiger partial charge on any atom is -0.464 e. The molecule has 0 aromatic carbocycles. The van der Waals surface area contributed by atoms with E-state index in [1.165, 1.54) is 0 Å². The largest absolute Gasteiger partial charge is 0.464 e. The molecule has 0 unspecified atom stereocenters. The number of nitrogens with two attached hydrogens (primary N) is 1. The van der Waals surface area contributed by atoms with Crippen LogP contribution in [0.2, 0.25) is 0 Å². The number of rotatable bonds is 3. The number of aromatic nitrogens is 1. The Kier molecular flexibility index (Phi) is 2.81. The summed E-state index contributed by atoms with van der Waals surface area (Å²) in [6.07, 6.45) is 3.49. The molecule has 0 saturated carbocycles. The highest BCUT2D eigenvalue weighted by Gasteiger charge is 2.14. The monoisotopic (exact) mass is 219 g/mol. The van der Waals surface area contributed by atoms with Crippen molar-refractivity contribution in [3.05, 3.63) is 30.2 Å². The molecular weight excluding hydrogens is 202 g/mol. The number of furan rings is 1. The number of nitrogens with zero attached hydrogens (tertiary/aromatic N) is 1. The van der Waals surface area contributed by atoms with Gasteiger partial charge in [-0.25, -0.2) is 0 Å². The van der Waals surface area contributed by atoms with Crippen LogP contribution in [-0.4, -0.2) is 17.2 Å². The number of aromatic amines is 1. The molecule has 3 N–H and O–H groups in total. The third kappa shape index (κ3) is 1.74. The van der Waals surface area contributed by atoms with Gasteiger partial charge in [-0.05, 0) is 26.0 Å². The van der Waals surface area contributed by atoms with E-state index < -0.39 is 0 Å². The highest BCUT2D eigenvalue weighted by Crippen LogP contribution is 2.28. The highest BCUT2D eigenvalue weighted by molar-refractivity contribution is 6.07. The Morgan fingerprint density at radius 1 is 1.62 bits per heavy atom. The van der Waals surface area contributed by atoms with Crippen molar-refractivity contribution < 1.29 is 5.84 Å². The Labute approximate surface area is 95.7 Å². The number of hydrogen-bond acceptors (Lipinski definition) is 3. The number of anilines is 1. The van der Waals surface area contributed by atoms with Gasteiger partial charge in [0.1, 0.15) is 11.6 Å². The Hall–Kier alpha value is -1.97. The lowest BCUT2D eigenvalue weighted by Gasteiger charge is -2.02. The zero-order chi connectivity index (χ0) is 11.5. The van der Waals surface area contributed by atoms with Gasteiger partial charge in [0, 0.05) is 31.0 Å². The quantitative estimate of drug-likeness (QED) is 0.779. The minimum atomic E-state index is 0. The minimum absolute atomic E-state index is 0. The van der Waals surface area contributed by atoms with Crippen molar-refractivity contribution in [1.82, 2.24) is 4.98 Å². The first-order valence-corrected chi connectivity index (χ1v) is 5.26. The first-order valence-electron chi connectivity index (χ1n) is 5.26. The normalized spacial score (nSPS) is 12.0. The zero-order valence-electron chi connectivity index (χ0n) is 9.45. The van der Waals surface area contributed by atoms with Crippen LogP contribution in [0.15, 0.2) is 34.0 Å². The highest BCUT2D eigenvalue weighted by atomic mass is 16.3. The first kappa shape index (κ1) is 10.5. The van der Waals surface area contributed by atoms with Gasteiger partial charge in [0.05, 0.1) is 6.26 Å². The van der Waals surface area contributed by atoms with Crippen molar-refractivity contribution in [3.63, 3.8) is 0 Å². The average molecular weight is 219 g/mol. The molecule has 0 spiro atoms. The lowest BCUT2D eigenvalue weighted by atomic mass is 10.1. The molecule has 86 valence electrons. The Balaban J connectivity index is 0.00000144. The van der Waals surface area contributed by atoms with Crippen molar-refractivity contribution in [2.75, 3.05) is 12.3 Å². The number of hydrogen-bond donors (Lipinski definition) is 2. The zero-order valence-corrected chi connectivity index (χ0v) is 9.45. The fraction of sp³-hybridized carbons (Fsp3) is 0.250. The van der Waals surface area contributed by atoms with Crippen LogP contribution < -0.4 is 5.73 Å². The molecule has 2 aromatic heterocycles. The molecule has 0 bridgehead atoms. The van der Waals surface area contributed by atoms with Crippen LogP contribution >= 0.6 is 0 Å². The van der Waals surface area contributed by atoms with Crippen LogP contribution in [0.3, 0.4) is 0 Å². The van der Waals surface area contributed by atoms with Crippen LogP contribution in [0, 0.1) is 0 Å². The van der Waals surface area contributed by atoms with Gasteiger partial charge in [0.2, 0.25) is 0 Å². The fourth-order valence-electron chi connectivity index (χ4n) is 1.77. The van der Waals surface area contributed by atoms with E-state index in [-0.39, 0.29) is 1.43 Å². The summed E-state index contributed by atoms with van der Waals surface area (Å²) in [4.78, 5) is 7.38. The van der Waals surface area contributed by atoms with Crippen molar-refractivity contribution >= 4 is 11.5 Å². The number of H-pyrrole nitrogens is 1. The summed E-state index contributed by atoms with van der Waals surface area (Å²) in [6, 6.07) is 3.76. The van der Waals surface area contributed by atoms with Crippen molar-refractivity contribution in [1.29, 1.82) is 0 Å². The molecule has 2 heterocycles. The van der Waals surface area contributed by atoms with Gasteiger partial charge >= 0.3 is 0 Å². The van der Waals surface area contributed by atoms with Gasteiger partial charge in [0.15, 0.2) is 0 Å². The van der Waals surface area contributed by atoms with Gasteiger partial charge in [-0.3, -0.25) is 4.99 Å². The third-order valence-corrected chi connectivity index (χ3v) is 2.45. The van der Waals surface area contributed by atoms with Gasteiger partial charge in [-0.2, -0.15) is 0 Å². The molecule has 2 rings (SSSR count). The molecule has 0 aliphatic heterocycles. The first-order chi connectivity index (χ1) is 7.74. The summed E-state index contributed by atoms with van der Waals surface area (Å²) in [5.74, 6) is 1.43. The lowest BCUT2D eigenvalue weighted by molar-refractivity contribution is 0.582. The van der Waals surface area contributed by atoms with E-state index >= 15 is 0 Å². The van der Waals surface area contributed by atoms with Crippen LogP contribution in [-0.2, 0) is 0 Å². The van der Waals surface area contributed by atoms with Crippen molar-refractivity contribution in [3.8, 4) is 11.3 Å². The van der Waals surface area contributed by atoms with Crippen LogP contribution in [0.25, 0.3) is 11.3 Å². The number of aliphatic imine (C=N–C) groups is 1. The maximum atomic E-state index is 5.90. The van der Waals surface area contributed by atoms with Gasteiger partial charge in [-0.1, -0.05) is 0 Å². The predicted octanol–water partition coefficient (Wildman–Crippen LogP) is 2.93. The molecule has 0 amide bonds. The van der Waals surface area contributed by atoms with Gasteiger partial charge in [0.25, 0.3) is 0 Å². The van der Waals surface area contributed by atoms with Crippen molar-refractivity contribution in [2.45, 2.75) is 13.8 Å². The second kappa shape index (κ2) is 4.26. The molecule has 4 nitrogen and oxygen atoms in total. The summed E-state index contributed by atoms with van der Waals surface area (Å²) < 4.78 is 5.37. The smallest absolute Gasteiger partial charge is 0.136 e. The molecule has 16 heavy (non-hydrogen) atoms. The summed E-state index contributed by atoms with van der Waals surface area (Å²) in [5.41, 5.74) is 8.71. The molecule has 0 aliphatic carbocycles. The van der Waals surface area contributed by atoms with E-state index in [2.05, 4.69) is 9.98 Å². The van der Waals surface area contributed by atoms with E-state index in [0.29, 0.717) is 5.82 Å². The second-order valence-corrected chi connectivity index (χ2v) is 3.53. The standard InChI is InChI=1S/C12H15N3O.H2/c1-3-14-8(2)11-9(7-15-12(11)13)10-5-4-6-16-10;/h4-7,15H,3,13H2,1-2H3;1H. The summed E-state index contributed by atoms with van der Waals surface area (Å²) in [6.45, 7) is 4.70. The molecule has 0 aliphatic rings. The van der Waals surface area contributed by atoms with E-state index in [1.807, 2.05) is 32.2 Å². The second-order valence-electron chi connectivity index (χ2n) is 3.53. The maximum Gasteiger partial charge on any atom is 0.136 e. The SMILES string of the molecule is CCN=C(C)c1c(-c2ccco2)c[nH]c1N.[HH]. The number of nitrogens with one attached hydrogen (secondary N) is 1. The molecule has 0 fully saturated rings. The van der Waals surface area contributed by atoms with Crippen molar-refractivity contribution in [2.24, 2.45) is 4.99 Å². The van der Waals surface area contributed by atoms with Crippen LogP contribution in [0.1, 0.15) is 20.8 Å². The summed E-state index contributed by atoms with van der Waals surface area (Å²) in [5, 5.41) is 0. The van der Waals surface area contributed by atoms with E-state index in [9.17, 15) is 0 Å². The van der Waals surface area contributed by atoms with E-state index in [4.69, 9.17) is 10.2 Å². The molecule has 4 heteroatoms.